The first-order chi connectivity index (χ1) is 8.75. The zero-order valence-electron chi connectivity index (χ0n) is 11.8. The maximum absolute atomic E-state index is 11.0. The molecule has 0 heterocycles. The van der Waals surface area contributed by atoms with Crippen LogP contribution in [0.2, 0.25) is 0 Å². The summed E-state index contributed by atoms with van der Waals surface area (Å²) in [5.41, 5.74) is -0.220. The smallest absolute Gasteiger partial charge is 0.147 e. The van der Waals surface area contributed by atoms with Crippen LogP contribution in [0.15, 0.2) is 17.6 Å². The molecule has 4 heteroatoms. The molecule has 3 fully saturated rings. The Hall–Kier alpha value is -1.00. The minimum atomic E-state index is -0.993. The first-order valence-corrected chi connectivity index (χ1v) is 6.80. The Labute approximate surface area is 114 Å². The second-order valence-corrected chi connectivity index (χ2v) is 6.59. The third-order valence-corrected chi connectivity index (χ3v) is 5.21. The SMILES string of the molecule is C=C[C@@H](O)[C@H](C=O)/N=C1/CC2CC(C2(C)C)[C@@]1(C)O. The highest BCUT2D eigenvalue weighted by Crippen LogP contribution is 2.61. The van der Waals surface area contributed by atoms with Crippen LogP contribution in [-0.2, 0) is 4.79 Å². The number of rotatable bonds is 4. The quantitative estimate of drug-likeness (QED) is 0.595. The van der Waals surface area contributed by atoms with E-state index in [1.54, 1.807) is 6.92 Å². The number of aldehydes is 1. The van der Waals surface area contributed by atoms with Crippen molar-refractivity contribution in [1.82, 2.24) is 0 Å². The number of hydrogen-bond acceptors (Lipinski definition) is 4. The maximum Gasteiger partial charge on any atom is 0.147 e. The number of nitrogens with zero attached hydrogens (tertiary/aromatic N) is 1. The fourth-order valence-electron chi connectivity index (χ4n) is 3.65. The lowest BCUT2D eigenvalue weighted by Gasteiger charge is -2.62. The number of carbonyl (C=O) groups excluding carboxylic acids is 1. The lowest BCUT2D eigenvalue weighted by molar-refractivity contribution is -0.134. The van der Waals surface area contributed by atoms with E-state index in [4.69, 9.17) is 0 Å². The Balaban J connectivity index is 2.27. The van der Waals surface area contributed by atoms with Gasteiger partial charge in [-0.15, -0.1) is 6.58 Å². The number of aliphatic hydroxyl groups is 2. The first-order valence-electron chi connectivity index (χ1n) is 6.80. The van der Waals surface area contributed by atoms with Crippen LogP contribution < -0.4 is 0 Å². The van der Waals surface area contributed by atoms with E-state index in [-0.39, 0.29) is 11.3 Å². The highest BCUT2D eigenvalue weighted by Gasteiger charge is 2.61. The molecule has 0 spiro atoms. The summed E-state index contributed by atoms with van der Waals surface area (Å²) in [5.74, 6) is 0.676. The molecule has 3 aliphatic carbocycles. The molecule has 19 heavy (non-hydrogen) atoms. The summed E-state index contributed by atoms with van der Waals surface area (Å²) in [7, 11) is 0. The van der Waals surface area contributed by atoms with Crippen molar-refractivity contribution >= 4 is 12.0 Å². The third kappa shape index (κ3) is 2.07. The second-order valence-electron chi connectivity index (χ2n) is 6.59. The van der Waals surface area contributed by atoms with Gasteiger partial charge in [-0.3, -0.25) is 4.99 Å². The molecule has 4 nitrogen and oxygen atoms in total. The van der Waals surface area contributed by atoms with Crippen molar-refractivity contribution in [1.29, 1.82) is 0 Å². The van der Waals surface area contributed by atoms with Crippen molar-refractivity contribution in [2.75, 3.05) is 0 Å². The van der Waals surface area contributed by atoms with Crippen molar-refractivity contribution in [3.63, 3.8) is 0 Å². The standard InChI is InChI=1S/C15H23NO3/c1-5-11(18)10(8-17)16-13-7-9-6-12(14(9,2)3)15(13,4)19/h5,8-12,18-19H,1,6-7H2,2-4H3/b16-13-/t9?,10-,11+,12?,15+/m0/s1. The summed E-state index contributed by atoms with van der Waals surface area (Å²) in [4.78, 5) is 15.3. The van der Waals surface area contributed by atoms with E-state index in [0.29, 0.717) is 24.3 Å². The van der Waals surface area contributed by atoms with Crippen molar-refractivity contribution in [2.45, 2.75) is 51.4 Å². The Kier molecular flexibility index (Phi) is 3.43. The highest BCUT2D eigenvalue weighted by molar-refractivity contribution is 5.95. The average Bonchev–Trinajstić information content (AvgIpc) is 2.35. The van der Waals surface area contributed by atoms with E-state index in [1.165, 1.54) is 6.08 Å². The largest absolute Gasteiger partial charge is 0.386 e. The topological polar surface area (TPSA) is 69.9 Å². The van der Waals surface area contributed by atoms with Gasteiger partial charge in [0, 0.05) is 5.71 Å². The normalized spacial score (nSPS) is 41.2. The van der Waals surface area contributed by atoms with Gasteiger partial charge in [-0.1, -0.05) is 19.9 Å². The zero-order valence-corrected chi connectivity index (χ0v) is 11.8. The van der Waals surface area contributed by atoms with Crippen LogP contribution in [0.5, 0.6) is 0 Å². The lowest BCUT2D eigenvalue weighted by Crippen LogP contribution is -2.65. The molecule has 3 aliphatic rings. The molecule has 0 radical (unpaired) electrons. The Morgan fingerprint density at radius 2 is 2.11 bits per heavy atom. The predicted octanol–water partition coefficient (Wildman–Crippen LogP) is 1.36. The molecule has 0 aliphatic heterocycles. The van der Waals surface area contributed by atoms with Crippen LogP contribution >= 0.6 is 0 Å². The Bertz CT molecular complexity index is 425. The molecule has 3 saturated carbocycles. The van der Waals surface area contributed by atoms with Gasteiger partial charge in [0.2, 0.25) is 0 Å². The molecule has 2 bridgehead atoms. The van der Waals surface area contributed by atoms with Gasteiger partial charge >= 0.3 is 0 Å². The molecular formula is C15H23NO3. The van der Waals surface area contributed by atoms with Gasteiger partial charge in [0.05, 0.1) is 0 Å². The van der Waals surface area contributed by atoms with E-state index in [0.717, 1.165) is 6.42 Å². The van der Waals surface area contributed by atoms with Crippen LogP contribution in [0.4, 0.5) is 0 Å². The van der Waals surface area contributed by atoms with E-state index in [1.807, 2.05) is 0 Å². The van der Waals surface area contributed by atoms with Gasteiger partial charge in [0.15, 0.2) is 0 Å². The summed E-state index contributed by atoms with van der Waals surface area (Å²) in [6, 6.07) is -0.861. The first kappa shape index (κ1) is 14.4. The Morgan fingerprint density at radius 1 is 1.47 bits per heavy atom. The van der Waals surface area contributed by atoms with Crippen molar-refractivity contribution < 1.29 is 15.0 Å². The minimum absolute atomic E-state index is 0.121. The highest BCUT2D eigenvalue weighted by atomic mass is 16.3. The molecule has 5 atom stereocenters. The maximum atomic E-state index is 11.0. The minimum Gasteiger partial charge on any atom is -0.386 e. The zero-order chi connectivity index (χ0) is 14.4. The van der Waals surface area contributed by atoms with Crippen LogP contribution in [-0.4, -0.2) is 40.0 Å². The van der Waals surface area contributed by atoms with Crippen LogP contribution in [0.3, 0.4) is 0 Å². The number of aliphatic hydroxyl groups excluding tert-OH is 1. The molecule has 0 aromatic rings. The summed E-state index contributed by atoms with van der Waals surface area (Å²) in [6.45, 7) is 9.59. The average molecular weight is 265 g/mol. The van der Waals surface area contributed by atoms with E-state index in [9.17, 15) is 15.0 Å². The van der Waals surface area contributed by atoms with Gasteiger partial charge in [-0.2, -0.15) is 0 Å². The van der Waals surface area contributed by atoms with Crippen molar-refractivity contribution in [3.8, 4) is 0 Å². The molecule has 2 unspecified atom stereocenters. The molecule has 0 aromatic carbocycles. The number of carbonyl (C=O) groups is 1. The summed E-state index contributed by atoms with van der Waals surface area (Å²) in [6.07, 6.45) is 2.62. The van der Waals surface area contributed by atoms with Crippen molar-refractivity contribution in [3.05, 3.63) is 12.7 Å². The van der Waals surface area contributed by atoms with Crippen molar-refractivity contribution in [2.24, 2.45) is 22.2 Å². The molecule has 0 aromatic heterocycles. The predicted molar refractivity (Wildman–Crippen MR) is 74.1 cm³/mol. The van der Waals surface area contributed by atoms with E-state index in [2.05, 4.69) is 25.4 Å². The van der Waals surface area contributed by atoms with Crippen LogP contribution in [0.25, 0.3) is 0 Å². The van der Waals surface area contributed by atoms with Crippen LogP contribution in [0, 0.1) is 17.3 Å². The van der Waals surface area contributed by atoms with Gasteiger partial charge in [-0.25, -0.2) is 0 Å². The fraction of sp³-hybridized carbons (Fsp3) is 0.733. The third-order valence-electron chi connectivity index (χ3n) is 5.21. The molecule has 0 amide bonds. The number of aliphatic imine (C=N–C) groups is 1. The molecular weight excluding hydrogens is 242 g/mol. The van der Waals surface area contributed by atoms with E-state index >= 15 is 0 Å². The summed E-state index contributed by atoms with van der Waals surface area (Å²) >= 11 is 0. The Morgan fingerprint density at radius 3 is 2.53 bits per heavy atom. The molecule has 3 rings (SSSR count). The number of hydrogen-bond donors (Lipinski definition) is 2. The van der Waals surface area contributed by atoms with Crippen LogP contribution in [0.1, 0.15) is 33.6 Å². The van der Waals surface area contributed by atoms with Gasteiger partial charge < -0.3 is 15.0 Å². The van der Waals surface area contributed by atoms with Gasteiger partial charge in [0.1, 0.15) is 24.0 Å². The monoisotopic (exact) mass is 265 g/mol. The molecule has 0 saturated heterocycles. The molecule has 2 N–H and O–H groups in total. The van der Waals surface area contributed by atoms with E-state index < -0.39 is 17.7 Å². The molecule has 106 valence electrons. The lowest BCUT2D eigenvalue weighted by atomic mass is 9.44. The summed E-state index contributed by atoms with van der Waals surface area (Å²) in [5, 5.41) is 20.4. The van der Waals surface area contributed by atoms with Gasteiger partial charge in [-0.05, 0) is 37.0 Å². The second kappa shape index (κ2) is 4.53. The fourth-order valence-corrected chi connectivity index (χ4v) is 3.65. The number of fused-ring (bicyclic) bond motifs is 2. The van der Waals surface area contributed by atoms with Gasteiger partial charge in [0.25, 0.3) is 0 Å². The summed E-state index contributed by atoms with van der Waals surface area (Å²) < 4.78 is 0.